The van der Waals surface area contributed by atoms with E-state index in [0.717, 1.165) is 40.1 Å². The standard InChI is InChI=1S/C13H15N5S/c1-8-6-12(16-9(2)11(8)7-14)15-5-4-13-18-17-10(3)19-13/h6H,4-5H2,1-3H3,(H,15,16). The first-order chi connectivity index (χ1) is 9.10. The van der Waals surface area contributed by atoms with Crippen molar-refractivity contribution < 1.29 is 0 Å². The molecule has 0 aliphatic heterocycles. The van der Waals surface area contributed by atoms with Gasteiger partial charge in [-0.2, -0.15) is 5.26 Å². The first kappa shape index (κ1) is 13.4. The molecule has 6 heteroatoms. The molecule has 0 fully saturated rings. The van der Waals surface area contributed by atoms with Gasteiger partial charge in [-0.15, -0.1) is 21.5 Å². The summed E-state index contributed by atoms with van der Waals surface area (Å²) in [4.78, 5) is 4.37. The highest BCUT2D eigenvalue weighted by atomic mass is 32.1. The SMILES string of the molecule is Cc1nnc(CCNc2cc(C)c(C#N)c(C)n2)s1. The van der Waals surface area contributed by atoms with Crippen molar-refractivity contribution in [1.29, 1.82) is 5.26 Å². The number of aromatic nitrogens is 3. The highest BCUT2D eigenvalue weighted by Gasteiger charge is 2.06. The predicted octanol–water partition coefficient (Wildman–Crippen LogP) is 2.38. The molecule has 0 radical (unpaired) electrons. The Morgan fingerprint density at radius 1 is 1.32 bits per heavy atom. The number of anilines is 1. The van der Waals surface area contributed by atoms with Crippen LogP contribution in [0.1, 0.15) is 26.8 Å². The van der Waals surface area contributed by atoms with Crippen LogP contribution in [0.5, 0.6) is 0 Å². The van der Waals surface area contributed by atoms with Crippen molar-refractivity contribution in [1.82, 2.24) is 15.2 Å². The molecule has 19 heavy (non-hydrogen) atoms. The average Bonchev–Trinajstić information content (AvgIpc) is 2.75. The molecule has 0 amide bonds. The molecule has 0 aliphatic rings. The molecule has 0 saturated carbocycles. The number of nitriles is 1. The lowest BCUT2D eigenvalue weighted by Crippen LogP contribution is -2.08. The van der Waals surface area contributed by atoms with E-state index in [-0.39, 0.29) is 0 Å². The van der Waals surface area contributed by atoms with Gasteiger partial charge in [-0.3, -0.25) is 0 Å². The number of hydrogen-bond acceptors (Lipinski definition) is 6. The molecule has 1 N–H and O–H groups in total. The Bertz CT molecular complexity index is 603. The molecule has 2 aromatic rings. The molecule has 0 bridgehead atoms. The van der Waals surface area contributed by atoms with Crippen molar-refractivity contribution in [3.63, 3.8) is 0 Å². The topological polar surface area (TPSA) is 74.5 Å². The third-order valence-electron chi connectivity index (χ3n) is 2.72. The summed E-state index contributed by atoms with van der Waals surface area (Å²) in [5.41, 5.74) is 2.37. The van der Waals surface area contributed by atoms with E-state index < -0.39 is 0 Å². The van der Waals surface area contributed by atoms with Crippen molar-refractivity contribution in [2.24, 2.45) is 0 Å². The molecule has 0 unspecified atom stereocenters. The first-order valence-electron chi connectivity index (χ1n) is 6.01. The Hall–Kier alpha value is -2.00. The molecule has 0 spiro atoms. The number of pyridine rings is 1. The molecule has 98 valence electrons. The van der Waals surface area contributed by atoms with Crippen molar-refractivity contribution in [3.8, 4) is 6.07 Å². The van der Waals surface area contributed by atoms with E-state index in [1.807, 2.05) is 26.8 Å². The lowest BCUT2D eigenvalue weighted by molar-refractivity contribution is 0.924. The largest absolute Gasteiger partial charge is 0.370 e. The lowest BCUT2D eigenvalue weighted by Gasteiger charge is -2.08. The fraction of sp³-hybridized carbons (Fsp3) is 0.385. The van der Waals surface area contributed by atoms with E-state index in [9.17, 15) is 0 Å². The summed E-state index contributed by atoms with van der Waals surface area (Å²) < 4.78 is 0. The summed E-state index contributed by atoms with van der Waals surface area (Å²) in [5, 5.41) is 22.3. The van der Waals surface area contributed by atoms with Crippen molar-refractivity contribution in [3.05, 3.63) is 32.9 Å². The smallest absolute Gasteiger partial charge is 0.126 e. The van der Waals surface area contributed by atoms with Gasteiger partial charge in [0, 0.05) is 13.0 Å². The zero-order valence-corrected chi connectivity index (χ0v) is 12.0. The lowest BCUT2D eigenvalue weighted by atomic mass is 10.1. The summed E-state index contributed by atoms with van der Waals surface area (Å²) in [6.07, 6.45) is 0.825. The third kappa shape index (κ3) is 3.26. The Morgan fingerprint density at radius 3 is 2.68 bits per heavy atom. The second-order valence-corrected chi connectivity index (χ2v) is 5.55. The van der Waals surface area contributed by atoms with E-state index in [1.165, 1.54) is 0 Å². The third-order valence-corrected chi connectivity index (χ3v) is 3.62. The fourth-order valence-electron chi connectivity index (χ4n) is 1.83. The van der Waals surface area contributed by atoms with Crippen molar-refractivity contribution in [2.75, 3.05) is 11.9 Å². The highest BCUT2D eigenvalue weighted by Crippen LogP contribution is 2.15. The molecule has 2 aromatic heterocycles. The maximum absolute atomic E-state index is 8.99. The number of aryl methyl sites for hydroxylation is 3. The fourth-order valence-corrected chi connectivity index (χ4v) is 2.54. The van der Waals surface area contributed by atoms with Crippen LogP contribution >= 0.6 is 11.3 Å². The molecule has 2 rings (SSSR count). The van der Waals surface area contributed by atoms with E-state index in [2.05, 4.69) is 26.6 Å². The second kappa shape index (κ2) is 5.76. The van der Waals surface area contributed by atoms with Crippen LogP contribution in [0.4, 0.5) is 5.82 Å². The molecule has 5 nitrogen and oxygen atoms in total. The second-order valence-electron chi connectivity index (χ2n) is 4.29. The summed E-state index contributed by atoms with van der Waals surface area (Å²) in [5.74, 6) is 0.801. The van der Waals surface area contributed by atoms with Crippen LogP contribution in [0.25, 0.3) is 0 Å². The zero-order chi connectivity index (χ0) is 13.8. The Balaban J connectivity index is 1.99. The molecule has 0 saturated heterocycles. The molecule has 0 aliphatic carbocycles. The van der Waals surface area contributed by atoms with Crippen molar-refractivity contribution in [2.45, 2.75) is 27.2 Å². The van der Waals surface area contributed by atoms with Crippen LogP contribution in [0.15, 0.2) is 6.07 Å². The number of hydrogen-bond donors (Lipinski definition) is 1. The van der Waals surface area contributed by atoms with Gasteiger partial charge >= 0.3 is 0 Å². The van der Waals surface area contributed by atoms with Gasteiger partial charge in [0.1, 0.15) is 21.9 Å². The number of nitrogens with one attached hydrogen (secondary N) is 1. The van der Waals surface area contributed by atoms with Gasteiger partial charge < -0.3 is 5.32 Å². The maximum Gasteiger partial charge on any atom is 0.126 e. The molecule has 0 aromatic carbocycles. The maximum atomic E-state index is 8.99. The molecule has 2 heterocycles. The van der Waals surface area contributed by atoms with E-state index in [1.54, 1.807) is 11.3 Å². The zero-order valence-electron chi connectivity index (χ0n) is 11.2. The van der Waals surface area contributed by atoms with E-state index >= 15 is 0 Å². The summed E-state index contributed by atoms with van der Waals surface area (Å²) in [6, 6.07) is 4.07. The number of rotatable bonds is 4. The van der Waals surface area contributed by atoms with Crippen molar-refractivity contribution >= 4 is 17.2 Å². The Labute approximate surface area is 116 Å². The van der Waals surface area contributed by atoms with Gasteiger partial charge in [0.2, 0.25) is 0 Å². The van der Waals surface area contributed by atoms with Gasteiger partial charge in [0.15, 0.2) is 0 Å². The molecular formula is C13H15N5S. The average molecular weight is 273 g/mol. The quantitative estimate of drug-likeness (QED) is 0.925. The van der Waals surface area contributed by atoms with Gasteiger partial charge in [-0.1, -0.05) is 0 Å². The Kier molecular flexibility index (Phi) is 4.07. The molecule has 0 atom stereocenters. The summed E-state index contributed by atoms with van der Waals surface area (Å²) in [6.45, 7) is 6.48. The van der Waals surface area contributed by atoms with Gasteiger partial charge in [0.05, 0.1) is 11.3 Å². The van der Waals surface area contributed by atoms with Crippen LogP contribution < -0.4 is 5.32 Å². The van der Waals surface area contributed by atoms with Crippen LogP contribution in [-0.2, 0) is 6.42 Å². The van der Waals surface area contributed by atoms with Crippen LogP contribution in [0.2, 0.25) is 0 Å². The normalized spacial score (nSPS) is 10.2. The van der Waals surface area contributed by atoms with Crippen LogP contribution in [0, 0.1) is 32.1 Å². The van der Waals surface area contributed by atoms with Gasteiger partial charge in [-0.05, 0) is 32.4 Å². The monoisotopic (exact) mass is 273 g/mol. The van der Waals surface area contributed by atoms with E-state index in [4.69, 9.17) is 5.26 Å². The van der Waals surface area contributed by atoms with Gasteiger partial charge in [-0.25, -0.2) is 4.98 Å². The minimum absolute atomic E-state index is 0.658. The minimum atomic E-state index is 0.658. The van der Waals surface area contributed by atoms with Crippen LogP contribution in [-0.4, -0.2) is 21.7 Å². The first-order valence-corrected chi connectivity index (χ1v) is 6.83. The summed E-state index contributed by atoms with van der Waals surface area (Å²) in [7, 11) is 0. The highest BCUT2D eigenvalue weighted by molar-refractivity contribution is 7.11. The van der Waals surface area contributed by atoms with Gasteiger partial charge in [0.25, 0.3) is 0 Å². The van der Waals surface area contributed by atoms with E-state index in [0.29, 0.717) is 5.56 Å². The Morgan fingerprint density at radius 2 is 2.11 bits per heavy atom. The van der Waals surface area contributed by atoms with Crippen LogP contribution in [0.3, 0.4) is 0 Å². The minimum Gasteiger partial charge on any atom is -0.370 e. The number of nitrogens with zero attached hydrogens (tertiary/aromatic N) is 4. The summed E-state index contributed by atoms with van der Waals surface area (Å²) >= 11 is 1.61. The molecular weight excluding hydrogens is 258 g/mol. The predicted molar refractivity (Wildman–Crippen MR) is 75.3 cm³/mol.